The van der Waals surface area contributed by atoms with Gasteiger partial charge in [0.2, 0.25) is 5.91 Å². The van der Waals surface area contributed by atoms with E-state index in [1.54, 1.807) is 12.1 Å². The monoisotopic (exact) mass is 522 g/mol. The van der Waals surface area contributed by atoms with Crippen LogP contribution in [0.3, 0.4) is 0 Å². The van der Waals surface area contributed by atoms with Gasteiger partial charge in [-0.2, -0.15) is 9.49 Å². The summed E-state index contributed by atoms with van der Waals surface area (Å²) in [6.07, 6.45) is 6.78. The molecule has 38 heavy (non-hydrogen) atoms. The Kier molecular flexibility index (Phi) is 8.11. The molecule has 0 radical (unpaired) electrons. The van der Waals surface area contributed by atoms with E-state index in [1.165, 1.54) is 30.0 Å². The molecule has 198 valence electrons. The number of rotatable bonds is 9. The van der Waals surface area contributed by atoms with Gasteiger partial charge in [0.15, 0.2) is 11.5 Å². The van der Waals surface area contributed by atoms with Crippen LogP contribution in [-0.2, 0) is 9.59 Å². The molecule has 4 rings (SSSR count). The number of phenols is 1. The number of methoxy groups -OCH3 is 1. The van der Waals surface area contributed by atoms with Gasteiger partial charge in [-0.25, -0.2) is 4.68 Å². The number of carboxylic acid groups (broad SMARTS) is 1. The minimum absolute atomic E-state index is 0.0881. The second-order valence-electron chi connectivity index (χ2n) is 8.96. The summed E-state index contributed by atoms with van der Waals surface area (Å²) in [5, 5.41) is 29.1. The molecule has 1 saturated carbocycles. The molecule has 4 N–H and O–H groups in total. The fourth-order valence-corrected chi connectivity index (χ4v) is 4.64. The van der Waals surface area contributed by atoms with Crippen LogP contribution in [0.15, 0.2) is 53.7 Å². The van der Waals surface area contributed by atoms with E-state index in [1.807, 2.05) is 0 Å². The Morgan fingerprint density at radius 3 is 2.63 bits per heavy atom. The number of aromatic nitrogens is 2. The second kappa shape index (κ2) is 11.6. The van der Waals surface area contributed by atoms with Crippen LogP contribution in [0.2, 0.25) is 0 Å². The van der Waals surface area contributed by atoms with Crippen LogP contribution < -0.4 is 15.4 Å². The van der Waals surface area contributed by atoms with Crippen molar-refractivity contribution in [1.82, 2.24) is 20.4 Å². The Morgan fingerprint density at radius 1 is 1.21 bits per heavy atom. The number of carbonyl (C=O) groups excluding carboxylic acids is 2. The van der Waals surface area contributed by atoms with E-state index in [0.29, 0.717) is 18.6 Å². The first-order chi connectivity index (χ1) is 18.3. The highest BCUT2D eigenvalue weighted by Crippen LogP contribution is 2.39. The third-order valence-corrected chi connectivity index (χ3v) is 6.45. The standard InChI is InChI=1S/C27H27FN4O6/c1-38-22-9-5-8-21(33)24(22)20-14-19(31-32(20)18-12-10-17(28)11-13-18)26(36)30-25(16-6-3-2-4-7-16)27(37)29-15-23(34)35/h5,8-10,12,14,16,25,33H,2-4,6-7,15H2,1H3,(H,29,37)(H,30,36)(H,34,35). The van der Waals surface area contributed by atoms with E-state index >= 15 is 0 Å². The third-order valence-electron chi connectivity index (χ3n) is 6.45. The fraction of sp³-hybridized carbons (Fsp3) is 0.333. The van der Waals surface area contributed by atoms with Crippen LogP contribution in [0.5, 0.6) is 11.5 Å². The first-order valence-electron chi connectivity index (χ1n) is 12.1. The first kappa shape index (κ1) is 26.5. The molecule has 1 fully saturated rings. The van der Waals surface area contributed by atoms with E-state index in [0.717, 1.165) is 25.3 Å². The molecule has 0 aliphatic heterocycles. The Balaban J connectivity index is 1.74. The maximum absolute atomic E-state index is 13.5. The Morgan fingerprint density at radius 2 is 1.97 bits per heavy atom. The van der Waals surface area contributed by atoms with Crippen LogP contribution in [0.4, 0.5) is 4.39 Å². The lowest BCUT2D eigenvalue weighted by Gasteiger charge is -2.29. The van der Waals surface area contributed by atoms with Crippen molar-refractivity contribution < 1.29 is 33.7 Å². The number of nitrogens with one attached hydrogen (secondary N) is 2. The van der Waals surface area contributed by atoms with Crippen LogP contribution in [0, 0.1) is 5.92 Å². The van der Waals surface area contributed by atoms with Crippen LogP contribution in [0.25, 0.3) is 17.0 Å². The molecule has 2 aromatic rings. The zero-order valence-electron chi connectivity index (χ0n) is 20.7. The summed E-state index contributed by atoms with van der Waals surface area (Å²) in [4.78, 5) is 37.3. The summed E-state index contributed by atoms with van der Waals surface area (Å²) in [7, 11) is 1.43. The lowest BCUT2D eigenvalue weighted by atomic mass is 9.83. The highest BCUT2D eigenvalue weighted by Gasteiger charge is 2.32. The van der Waals surface area contributed by atoms with Gasteiger partial charge in [0.05, 0.1) is 18.4 Å². The van der Waals surface area contributed by atoms with Gasteiger partial charge in [-0.1, -0.05) is 25.3 Å². The summed E-state index contributed by atoms with van der Waals surface area (Å²) in [5.74, 6) is -3.10. The van der Waals surface area contributed by atoms with Crippen molar-refractivity contribution in [3.05, 3.63) is 59.4 Å². The molecular weight excluding hydrogens is 495 g/mol. The number of ether oxygens (including phenoxy) is 1. The van der Waals surface area contributed by atoms with Gasteiger partial charge in [-0.15, -0.1) is 0 Å². The smallest absolute Gasteiger partial charge is 0.322 e. The van der Waals surface area contributed by atoms with Crippen molar-refractivity contribution in [1.29, 1.82) is 0 Å². The largest absolute Gasteiger partial charge is 0.507 e. The highest BCUT2D eigenvalue weighted by atomic mass is 19.1. The number of allylic oxidation sites excluding steroid dienone is 4. The number of carboxylic acids is 1. The summed E-state index contributed by atoms with van der Waals surface area (Å²) in [5.41, 5.74) is 5.61. The van der Waals surface area contributed by atoms with Crippen molar-refractivity contribution in [2.75, 3.05) is 13.7 Å². The van der Waals surface area contributed by atoms with Gasteiger partial charge >= 0.3 is 5.97 Å². The molecule has 0 spiro atoms. The molecule has 1 atom stereocenters. The van der Waals surface area contributed by atoms with Crippen LogP contribution >= 0.6 is 0 Å². The minimum atomic E-state index is -1.19. The Bertz CT molecular complexity index is 1390. The molecule has 10 nitrogen and oxygen atoms in total. The normalized spacial score (nSPS) is 15.8. The predicted octanol–water partition coefficient (Wildman–Crippen LogP) is 3.16. The number of amides is 2. The third kappa shape index (κ3) is 5.86. The van der Waals surface area contributed by atoms with Crippen LogP contribution in [0.1, 0.15) is 42.6 Å². The van der Waals surface area contributed by atoms with E-state index in [4.69, 9.17) is 9.84 Å². The predicted molar refractivity (Wildman–Crippen MR) is 135 cm³/mol. The maximum Gasteiger partial charge on any atom is 0.322 e. The number of nitrogens with zero attached hydrogens (tertiary/aromatic N) is 2. The topological polar surface area (TPSA) is 143 Å². The molecule has 11 heteroatoms. The quantitative estimate of drug-likeness (QED) is 0.371. The zero-order chi connectivity index (χ0) is 27.2. The summed E-state index contributed by atoms with van der Waals surface area (Å²) in [6.45, 7) is -0.569. The number of hydrogen-bond donors (Lipinski definition) is 4. The van der Waals surface area contributed by atoms with Gasteiger partial charge in [-0.3, -0.25) is 14.4 Å². The molecule has 2 aliphatic carbocycles. The zero-order valence-corrected chi connectivity index (χ0v) is 20.7. The van der Waals surface area contributed by atoms with Gasteiger partial charge in [0.1, 0.15) is 29.8 Å². The van der Waals surface area contributed by atoms with E-state index in [9.17, 15) is 23.9 Å². The lowest BCUT2D eigenvalue weighted by Crippen LogP contribution is -2.52. The van der Waals surface area contributed by atoms with Gasteiger partial charge in [0, 0.05) is 0 Å². The highest BCUT2D eigenvalue weighted by molar-refractivity contribution is 5.98. The van der Waals surface area contributed by atoms with Crippen molar-refractivity contribution in [3.8, 4) is 22.8 Å². The molecule has 1 heterocycles. The summed E-state index contributed by atoms with van der Waals surface area (Å²) < 4.78 is 20.2. The molecule has 1 aromatic heterocycles. The van der Waals surface area contributed by atoms with Gasteiger partial charge in [0.25, 0.3) is 5.91 Å². The molecule has 0 saturated heterocycles. The number of aromatic hydroxyl groups is 1. The Hall–Kier alpha value is -4.59. The number of halogens is 1. The lowest BCUT2D eigenvalue weighted by molar-refractivity contribution is -0.138. The average molecular weight is 523 g/mol. The molecular formula is C27H27FN4O6. The van der Waals surface area contributed by atoms with E-state index in [2.05, 4.69) is 27.2 Å². The minimum Gasteiger partial charge on any atom is -0.507 e. The van der Waals surface area contributed by atoms with Crippen molar-refractivity contribution in [2.45, 2.75) is 38.1 Å². The maximum atomic E-state index is 13.5. The molecule has 0 bridgehead atoms. The molecule has 2 amide bonds. The summed E-state index contributed by atoms with van der Waals surface area (Å²) >= 11 is 0. The molecule has 1 unspecified atom stereocenters. The van der Waals surface area contributed by atoms with Crippen molar-refractivity contribution in [2.24, 2.45) is 5.92 Å². The molecule has 1 aromatic carbocycles. The van der Waals surface area contributed by atoms with E-state index in [-0.39, 0.29) is 34.3 Å². The van der Waals surface area contributed by atoms with Crippen LogP contribution in [-0.4, -0.2) is 57.5 Å². The van der Waals surface area contributed by atoms with Gasteiger partial charge in [-0.05, 0) is 60.6 Å². The number of benzene rings is 1. The average Bonchev–Trinajstić information content (AvgIpc) is 3.36. The van der Waals surface area contributed by atoms with E-state index < -0.39 is 36.2 Å². The van der Waals surface area contributed by atoms with Gasteiger partial charge < -0.3 is 25.6 Å². The van der Waals surface area contributed by atoms with Crippen molar-refractivity contribution in [3.63, 3.8) is 0 Å². The second-order valence-corrected chi connectivity index (χ2v) is 8.96. The Labute approximate surface area is 217 Å². The number of carbonyl (C=O) groups is 3. The number of hydrogen-bond acceptors (Lipinski definition) is 6. The summed E-state index contributed by atoms with van der Waals surface area (Å²) in [6, 6.07) is 5.12. The first-order valence-corrected chi connectivity index (χ1v) is 12.1. The number of aliphatic carboxylic acids is 1. The molecule has 2 aliphatic rings. The van der Waals surface area contributed by atoms with Crippen molar-refractivity contribution >= 4 is 23.5 Å². The SMILES string of the molecule is COc1cccc(O)c1-c1cc(C(=O)NC(C(=O)NCC(=O)O)C2CCCCC2)nn1C1=C=C=C(F)C=C1. The fourth-order valence-electron chi connectivity index (χ4n) is 4.64. The number of phenolic OH excluding ortho intramolecular Hbond substituents is 1.